The van der Waals surface area contributed by atoms with Crippen LogP contribution in [0, 0.1) is 0 Å². The smallest absolute Gasteiger partial charge is 0.363 e. The molecule has 0 spiro atoms. The van der Waals surface area contributed by atoms with E-state index in [9.17, 15) is 4.79 Å². The van der Waals surface area contributed by atoms with Crippen molar-refractivity contribution in [3.05, 3.63) is 102 Å². The molecule has 3 heteroatoms. The second-order valence-corrected chi connectivity index (χ2v) is 5.69. The number of aliphatic imine (C=N–C) groups is 1. The van der Waals surface area contributed by atoms with Gasteiger partial charge < -0.3 is 4.74 Å². The lowest BCUT2D eigenvalue weighted by molar-refractivity contribution is -0.129. The number of rotatable bonds is 3. The minimum Gasteiger partial charge on any atom is -0.402 e. The van der Waals surface area contributed by atoms with Crippen molar-refractivity contribution < 1.29 is 9.53 Å². The molecule has 0 unspecified atom stereocenters. The molecular formula is C22H15NO2. The number of carbonyl (C=O) groups excluding carboxylic acids is 1. The molecule has 3 aromatic rings. The van der Waals surface area contributed by atoms with Gasteiger partial charge in [-0.15, -0.1) is 0 Å². The zero-order valence-electron chi connectivity index (χ0n) is 13.4. The fourth-order valence-corrected chi connectivity index (χ4v) is 2.68. The number of cyclic esters (lactones) is 1. The third kappa shape index (κ3) is 3.26. The molecule has 0 radical (unpaired) electrons. The Morgan fingerprint density at radius 3 is 1.92 bits per heavy atom. The van der Waals surface area contributed by atoms with E-state index in [1.54, 1.807) is 6.08 Å². The van der Waals surface area contributed by atoms with Gasteiger partial charge in [-0.1, -0.05) is 72.8 Å². The number of hydrogen-bond acceptors (Lipinski definition) is 3. The summed E-state index contributed by atoms with van der Waals surface area (Å²) in [6, 6.07) is 27.6. The van der Waals surface area contributed by atoms with Crippen LogP contribution in [0.4, 0.5) is 0 Å². The van der Waals surface area contributed by atoms with Crippen molar-refractivity contribution in [2.24, 2.45) is 4.99 Å². The Hall–Kier alpha value is -3.46. The SMILES string of the molecule is O=C1OC(c2ccc(-c3ccccc3)cc2)=NC1=Cc1ccccc1. The van der Waals surface area contributed by atoms with Crippen LogP contribution in [0.1, 0.15) is 11.1 Å². The third-order valence-corrected chi connectivity index (χ3v) is 3.96. The molecule has 4 rings (SSSR count). The lowest BCUT2D eigenvalue weighted by atomic mass is 10.0. The Balaban J connectivity index is 1.61. The van der Waals surface area contributed by atoms with Crippen molar-refractivity contribution in [1.82, 2.24) is 0 Å². The Kier molecular flexibility index (Phi) is 3.97. The van der Waals surface area contributed by atoms with Crippen LogP contribution >= 0.6 is 0 Å². The van der Waals surface area contributed by atoms with Crippen LogP contribution in [-0.4, -0.2) is 11.9 Å². The Bertz CT molecular complexity index is 956. The zero-order chi connectivity index (χ0) is 17.1. The van der Waals surface area contributed by atoms with Gasteiger partial charge in [0.05, 0.1) is 0 Å². The molecule has 0 amide bonds. The molecule has 1 aliphatic rings. The lowest BCUT2D eigenvalue weighted by Crippen LogP contribution is -2.05. The normalized spacial score (nSPS) is 15.1. The van der Waals surface area contributed by atoms with E-state index in [-0.39, 0.29) is 0 Å². The van der Waals surface area contributed by atoms with E-state index < -0.39 is 5.97 Å². The molecule has 0 aliphatic carbocycles. The summed E-state index contributed by atoms with van der Waals surface area (Å²) in [5.74, 6) is -0.0854. The standard InChI is InChI=1S/C22H15NO2/c24-22-20(15-16-7-3-1-4-8-16)23-21(25-22)19-13-11-18(12-14-19)17-9-5-2-6-10-17/h1-15H. The molecule has 0 fully saturated rings. The van der Waals surface area contributed by atoms with E-state index >= 15 is 0 Å². The minimum atomic E-state index is -0.425. The van der Waals surface area contributed by atoms with Crippen molar-refractivity contribution >= 4 is 17.9 Å². The summed E-state index contributed by atoms with van der Waals surface area (Å²) in [6.07, 6.45) is 1.73. The Morgan fingerprint density at radius 2 is 1.24 bits per heavy atom. The molecule has 0 saturated carbocycles. The fraction of sp³-hybridized carbons (Fsp3) is 0. The predicted molar refractivity (Wildman–Crippen MR) is 98.9 cm³/mol. The Labute approximate surface area is 145 Å². The topological polar surface area (TPSA) is 38.7 Å². The zero-order valence-corrected chi connectivity index (χ0v) is 13.4. The average Bonchev–Trinajstić information content (AvgIpc) is 3.04. The molecule has 25 heavy (non-hydrogen) atoms. The van der Waals surface area contributed by atoms with Gasteiger partial charge in [-0.2, -0.15) is 0 Å². The van der Waals surface area contributed by atoms with Gasteiger partial charge in [0.25, 0.3) is 0 Å². The van der Waals surface area contributed by atoms with E-state index in [0.29, 0.717) is 11.6 Å². The maximum atomic E-state index is 12.0. The molecule has 0 saturated heterocycles. The first-order valence-electron chi connectivity index (χ1n) is 8.03. The summed E-state index contributed by atoms with van der Waals surface area (Å²) >= 11 is 0. The third-order valence-electron chi connectivity index (χ3n) is 3.96. The van der Waals surface area contributed by atoms with E-state index in [2.05, 4.69) is 17.1 Å². The first-order chi connectivity index (χ1) is 12.3. The molecule has 0 N–H and O–H groups in total. The molecule has 3 nitrogen and oxygen atoms in total. The number of nitrogens with zero attached hydrogens (tertiary/aromatic N) is 1. The average molecular weight is 325 g/mol. The maximum absolute atomic E-state index is 12.0. The van der Waals surface area contributed by atoms with Crippen molar-refractivity contribution in [3.8, 4) is 11.1 Å². The van der Waals surface area contributed by atoms with Gasteiger partial charge >= 0.3 is 5.97 Å². The summed E-state index contributed by atoms with van der Waals surface area (Å²) in [4.78, 5) is 16.4. The highest BCUT2D eigenvalue weighted by atomic mass is 16.6. The summed E-state index contributed by atoms with van der Waals surface area (Å²) < 4.78 is 5.32. The van der Waals surface area contributed by atoms with E-state index in [1.165, 1.54) is 0 Å². The van der Waals surface area contributed by atoms with Crippen molar-refractivity contribution in [1.29, 1.82) is 0 Å². The van der Waals surface area contributed by atoms with Crippen LogP contribution in [-0.2, 0) is 9.53 Å². The maximum Gasteiger partial charge on any atom is 0.363 e. The van der Waals surface area contributed by atoms with Crippen molar-refractivity contribution in [2.75, 3.05) is 0 Å². The summed E-state index contributed by atoms with van der Waals surface area (Å²) in [5, 5.41) is 0. The molecule has 0 bridgehead atoms. The predicted octanol–water partition coefficient (Wildman–Crippen LogP) is 4.70. The van der Waals surface area contributed by atoms with Gasteiger partial charge in [0, 0.05) is 5.56 Å². The van der Waals surface area contributed by atoms with Crippen LogP contribution in [0.3, 0.4) is 0 Å². The highest BCUT2D eigenvalue weighted by Crippen LogP contribution is 2.22. The number of hydrogen-bond donors (Lipinski definition) is 0. The summed E-state index contributed by atoms with van der Waals surface area (Å²) in [6.45, 7) is 0. The van der Waals surface area contributed by atoms with Crippen LogP contribution in [0.15, 0.2) is 95.6 Å². The largest absolute Gasteiger partial charge is 0.402 e. The first kappa shape index (κ1) is 15.1. The van der Waals surface area contributed by atoms with Gasteiger partial charge in [0.15, 0.2) is 5.70 Å². The summed E-state index contributed by atoms with van der Waals surface area (Å²) in [7, 11) is 0. The van der Waals surface area contributed by atoms with Crippen LogP contribution in [0.25, 0.3) is 17.2 Å². The van der Waals surface area contributed by atoms with E-state index in [1.807, 2.05) is 72.8 Å². The number of ether oxygens (including phenoxy) is 1. The van der Waals surface area contributed by atoms with E-state index in [0.717, 1.165) is 22.3 Å². The van der Waals surface area contributed by atoms with Gasteiger partial charge in [-0.05, 0) is 34.9 Å². The van der Waals surface area contributed by atoms with Crippen LogP contribution in [0.2, 0.25) is 0 Å². The quantitative estimate of drug-likeness (QED) is 0.517. The monoisotopic (exact) mass is 325 g/mol. The molecular weight excluding hydrogens is 310 g/mol. The fourth-order valence-electron chi connectivity index (χ4n) is 2.68. The number of benzene rings is 3. The number of carbonyl (C=O) groups is 1. The molecule has 120 valence electrons. The second-order valence-electron chi connectivity index (χ2n) is 5.69. The van der Waals surface area contributed by atoms with Gasteiger partial charge in [0.1, 0.15) is 0 Å². The number of esters is 1. The van der Waals surface area contributed by atoms with Crippen molar-refractivity contribution in [2.45, 2.75) is 0 Å². The minimum absolute atomic E-state index is 0.313. The molecule has 1 heterocycles. The second kappa shape index (κ2) is 6.57. The molecule has 0 aromatic heterocycles. The highest BCUT2D eigenvalue weighted by Gasteiger charge is 2.24. The van der Waals surface area contributed by atoms with Crippen molar-refractivity contribution in [3.63, 3.8) is 0 Å². The van der Waals surface area contributed by atoms with Gasteiger partial charge in [0.2, 0.25) is 5.90 Å². The first-order valence-corrected chi connectivity index (χ1v) is 8.03. The lowest BCUT2D eigenvalue weighted by Gasteiger charge is -2.03. The van der Waals surface area contributed by atoms with Crippen LogP contribution in [0.5, 0.6) is 0 Å². The molecule has 1 aliphatic heterocycles. The highest BCUT2D eigenvalue weighted by molar-refractivity contribution is 6.12. The molecule has 0 atom stereocenters. The van der Waals surface area contributed by atoms with Gasteiger partial charge in [-0.25, -0.2) is 9.79 Å². The van der Waals surface area contributed by atoms with Gasteiger partial charge in [-0.3, -0.25) is 0 Å². The van der Waals surface area contributed by atoms with Crippen LogP contribution < -0.4 is 0 Å². The van der Waals surface area contributed by atoms with E-state index in [4.69, 9.17) is 4.74 Å². The summed E-state index contributed by atoms with van der Waals surface area (Å²) in [5.41, 5.74) is 4.26. The molecule has 3 aromatic carbocycles. The Morgan fingerprint density at radius 1 is 0.680 bits per heavy atom.